The molecule has 5 fully saturated rings. The Morgan fingerprint density at radius 3 is 2.74 bits per heavy atom. The van der Waals surface area contributed by atoms with Gasteiger partial charge in [-0.1, -0.05) is 64.3 Å². The number of nitrogens with one attached hydrogen (secondary N) is 3. The van der Waals surface area contributed by atoms with Gasteiger partial charge >= 0.3 is 5.97 Å². The number of methoxy groups -OCH3 is 1. The normalized spacial score (nSPS) is 33.3. The Bertz CT molecular complexity index is 2980. The minimum atomic E-state index is -0.687. The van der Waals surface area contributed by atoms with E-state index in [1.54, 1.807) is 13.2 Å². The number of phenolic OH excluding ortho intramolecular Hbond substituents is 2. The largest absolute Gasteiger partial charge is 0.508 e. The predicted octanol–water partition coefficient (Wildman–Crippen LogP) is 9.64. The Balaban J connectivity index is 1.06. The van der Waals surface area contributed by atoms with Crippen molar-refractivity contribution in [3.05, 3.63) is 92.7 Å². The lowest BCUT2D eigenvalue weighted by atomic mass is 9.65. The van der Waals surface area contributed by atoms with Crippen molar-refractivity contribution in [1.82, 2.24) is 16.0 Å². The number of piperidine rings is 1. The smallest absolute Gasteiger partial charge is 0.302 e. The number of hydrogen-bond acceptors (Lipinski definition) is 14. The molecular weight excluding hydrogens is 969 g/mol. The van der Waals surface area contributed by atoms with Crippen molar-refractivity contribution in [2.45, 2.75) is 157 Å². The number of fused-ring (bicyclic) bond motifs is 12. The second-order valence-electron chi connectivity index (χ2n) is 23.1. The third kappa shape index (κ3) is 8.61. The summed E-state index contributed by atoms with van der Waals surface area (Å²) >= 11 is 0. The van der Waals surface area contributed by atoms with Gasteiger partial charge in [0.2, 0.25) is 0 Å². The van der Waals surface area contributed by atoms with Crippen LogP contribution in [0.15, 0.2) is 53.8 Å². The Morgan fingerprint density at radius 2 is 1.86 bits per heavy atom. The molecule has 3 aromatic carbocycles. The summed E-state index contributed by atoms with van der Waals surface area (Å²) in [6.07, 6.45) is 19.9. The number of allylic oxidation sites excluding steroid dienone is 3. The van der Waals surface area contributed by atoms with E-state index < -0.39 is 18.2 Å². The first-order valence-electron chi connectivity index (χ1n) is 27.4. The number of hydrogen-bond donors (Lipinski definition) is 6. The molecule has 12 atom stereocenters. The van der Waals surface area contributed by atoms with Crippen LogP contribution in [-0.2, 0) is 32.6 Å². The van der Waals surface area contributed by atoms with Crippen LogP contribution in [0, 0.1) is 29.6 Å². The molecule has 1 spiro atoms. The Hall–Kier alpha value is -5.04. The van der Waals surface area contributed by atoms with Crippen LogP contribution < -0.4 is 35.9 Å². The van der Waals surface area contributed by atoms with E-state index in [1.807, 2.05) is 33.7 Å². The summed E-state index contributed by atoms with van der Waals surface area (Å²) in [5.41, 5.74) is 16.6. The zero-order valence-corrected chi connectivity index (χ0v) is 44.1. The fourth-order valence-corrected chi connectivity index (χ4v) is 17.9. The minimum Gasteiger partial charge on any atom is -0.508 e. The van der Waals surface area contributed by atoms with Gasteiger partial charge in [-0.15, -0.1) is 0 Å². The number of ketones is 1. The average Bonchev–Trinajstić information content (AvgIpc) is 3.92. The van der Waals surface area contributed by atoms with E-state index in [2.05, 4.69) is 58.2 Å². The molecule has 0 amide bonds. The Morgan fingerprint density at radius 1 is 0.973 bits per heavy atom. The molecule has 3 saturated carbocycles. The second kappa shape index (κ2) is 19.5. The molecule has 3 aromatic rings. The molecular formula is C60H68N4O8S2. The fraction of sp³-hybridized carbons (Fsp3) is 0.533. The van der Waals surface area contributed by atoms with E-state index in [0.717, 1.165) is 130 Å². The van der Waals surface area contributed by atoms with Crippen molar-refractivity contribution in [2.24, 2.45) is 23.5 Å². The highest BCUT2D eigenvalue weighted by atomic mass is 33.1. The van der Waals surface area contributed by atoms with Gasteiger partial charge in [0.15, 0.2) is 11.5 Å². The van der Waals surface area contributed by atoms with Crippen molar-refractivity contribution in [1.29, 1.82) is 0 Å². The molecule has 7 N–H and O–H groups in total. The summed E-state index contributed by atoms with van der Waals surface area (Å²) in [6.45, 7) is 1.54. The van der Waals surface area contributed by atoms with Crippen molar-refractivity contribution in [3.63, 3.8) is 0 Å². The number of Topliss-reactive ketones (excluding diaryl/α,β-unsaturated/α-hetero) is 1. The van der Waals surface area contributed by atoms with E-state index in [0.29, 0.717) is 60.8 Å². The summed E-state index contributed by atoms with van der Waals surface area (Å²) in [5.74, 6) is 12.0. The summed E-state index contributed by atoms with van der Waals surface area (Å²) in [4.78, 5) is 25.9. The van der Waals surface area contributed by atoms with Gasteiger partial charge in [0, 0.05) is 101 Å². The first-order valence-corrected chi connectivity index (χ1v) is 29.8. The van der Waals surface area contributed by atoms with E-state index in [9.17, 15) is 19.8 Å². The number of dihydropyridines is 1. The summed E-state index contributed by atoms with van der Waals surface area (Å²) < 4.78 is 27.5. The van der Waals surface area contributed by atoms with Crippen LogP contribution in [-0.4, -0.2) is 77.6 Å². The highest BCUT2D eigenvalue weighted by Crippen LogP contribution is 2.64. The van der Waals surface area contributed by atoms with Crippen LogP contribution in [0.4, 0.5) is 0 Å². The lowest BCUT2D eigenvalue weighted by Crippen LogP contribution is -2.49. The third-order valence-corrected chi connectivity index (χ3v) is 21.1. The molecule has 1 unspecified atom stereocenters. The molecule has 2 saturated heterocycles. The van der Waals surface area contributed by atoms with Gasteiger partial charge in [-0.3, -0.25) is 9.59 Å². The molecule has 4 aliphatic carbocycles. The second-order valence-corrected chi connectivity index (χ2v) is 25.6. The van der Waals surface area contributed by atoms with Crippen molar-refractivity contribution >= 4 is 39.4 Å². The van der Waals surface area contributed by atoms with Gasteiger partial charge in [0.1, 0.15) is 41.8 Å². The number of aromatic hydroxyl groups is 2. The van der Waals surface area contributed by atoms with E-state index in [-0.39, 0.29) is 66.1 Å². The molecule has 0 radical (unpaired) electrons. The molecule has 14 heteroatoms. The molecule has 13 rings (SSSR count). The summed E-state index contributed by atoms with van der Waals surface area (Å²) in [5, 5.41) is 36.1. The summed E-state index contributed by atoms with van der Waals surface area (Å²) in [7, 11) is 5.46. The average molecular weight is 1040 g/mol. The van der Waals surface area contributed by atoms with Crippen LogP contribution in [0.25, 0.3) is 17.2 Å². The number of carbonyl (C=O) groups is 2. The number of esters is 1. The Labute approximate surface area is 442 Å². The number of benzene rings is 3. The van der Waals surface area contributed by atoms with Gasteiger partial charge in [0.25, 0.3) is 0 Å². The van der Waals surface area contributed by atoms with E-state index >= 15 is 0 Å². The summed E-state index contributed by atoms with van der Waals surface area (Å²) in [6, 6.07) is 8.06. The quantitative estimate of drug-likeness (QED) is 0.0829. The van der Waals surface area contributed by atoms with Gasteiger partial charge in [-0.05, 0) is 129 Å². The van der Waals surface area contributed by atoms with Crippen LogP contribution in [0.2, 0.25) is 0 Å². The highest BCUT2D eigenvalue weighted by Gasteiger charge is 2.52. The first kappa shape index (κ1) is 48.6. The van der Waals surface area contributed by atoms with E-state index in [1.165, 1.54) is 19.8 Å². The van der Waals surface area contributed by atoms with Crippen LogP contribution >= 0.6 is 21.6 Å². The SMILES string of the molecule is COc1cc(O)cc2c1-c1ccc3c4c1[C@@]1(CC[C@H](CC5=C(C#CCc6c(c7c(c(O)c6[C@H]6CC[C@H]8CC(=O)CC[C@H]8N6)O[C@@H]6CSSC[C@@H]8CCC[C@@H](C8)N[C@H]6C=C7)[C@@H](O4)[C@H]3COC(C)=O)NC(N)C=C5)C1)C2. The molecule has 0 aromatic heterocycles. The number of carbonyl (C=O) groups excluding carboxylic acids is 2. The van der Waals surface area contributed by atoms with Crippen molar-refractivity contribution in [2.75, 3.05) is 25.2 Å². The number of nitrogens with two attached hydrogens (primary N) is 1. The van der Waals surface area contributed by atoms with Crippen LogP contribution in [0.1, 0.15) is 147 Å². The lowest BCUT2D eigenvalue weighted by molar-refractivity contribution is -0.142. The third-order valence-electron chi connectivity index (χ3n) is 18.5. The standard InChI is InChI=1S/C60H68N4O8S2/c1-31(65)70-28-44-40-12-13-42-52-36(24-39(67)25-49(52)69-2)27-60-20-19-32(26-60)21-34-10-18-51(61)64-45(34)8-4-7-41-53(57(44)72-58(40)55(42)60)43-14-17-47-50(30-74-73-29-33-5-3-6-37(22-33)62-47)71-59(43)56(68)54(41)48-15-9-35-23-38(66)11-16-46(35)63-48/h10,12-14,17-18,24-25,32-33,35,37,44,46-48,50-51,57,62-64,67-68H,3,5-7,9,11,15-16,19-23,26-30,61H2,1-2H3/t32-,33-,35+,37+,44+,46-,47+,48-,50-,51?,57+,60-/m1/s1. The van der Waals surface area contributed by atoms with Gasteiger partial charge in [0.05, 0.1) is 30.9 Å². The van der Waals surface area contributed by atoms with E-state index in [4.69, 9.17) is 24.7 Å². The van der Waals surface area contributed by atoms with Gasteiger partial charge in [-0.25, -0.2) is 0 Å². The maximum absolute atomic E-state index is 13.3. The molecule has 6 aliphatic heterocycles. The maximum atomic E-state index is 13.3. The predicted molar refractivity (Wildman–Crippen MR) is 289 cm³/mol. The fourth-order valence-electron chi connectivity index (χ4n) is 15.2. The van der Waals surface area contributed by atoms with Gasteiger partial charge in [-0.2, -0.15) is 0 Å². The molecule has 12 nitrogen and oxygen atoms in total. The minimum absolute atomic E-state index is 0.0726. The topological polar surface area (TPSA) is 174 Å². The lowest BCUT2D eigenvalue weighted by Gasteiger charge is -2.41. The van der Waals surface area contributed by atoms with Crippen molar-refractivity contribution < 1.29 is 38.7 Å². The number of phenols is 2. The number of ether oxygens (including phenoxy) is 4. The highest BCUT2D eigenvalue weighted by molar-refractivity contribution is 8.76. The zero-order valence-electron chi connectivity index (χ0n) is 42.4. The zero-order chi connectivity index (χ0) is 50.4. The Kier molecular flexibility index (Phi) is 12.8. The molecule has 388 valence electrons. The van der Waals surface area contributed by atoms with Crippen molar-refractivity contribution in [3.8, 4) is 51.7 Å². The monoisotopic (exact) mass is 1040 g/mol. The number of rotatable bonds is 4. The van der Waals surface area contributed by atoms with Crippen LogP contribution in [0.3, 0.4) is 0 Å². The molecule has 10 aliphatic rings. The molecule has 6 heterocycles. The maximum Gasteiger partial charge on any atom is 0.302 e. The van der Waals surface area contributed by atoms with Crippen LogP contribution in [0.5, 0.6) is 28.7 Å². The first-order chi connectivity index (χ1) is 36.0. The molecule has 74 heavy (non-hydrogen) atoms. The van der Waals surface area contributed by atoms with Gasteiger partial charge < -0.3 is 50.8 Å². The molecule has 6 bridgehead atoms.